The van der Waals surface area contributed by atoms with E-state index in [1.165, 1.54) is 0 Å². The first kappa shape index (κ1) is 23.6. The highest BCUT2D eigenvalue weighted by Gasteiger charge is 2.25. The van der Waals surface area contributed by atoms with E-state index in [0.29, 0.717) is 26.2 Å². The van der Waals surface area contributed by atoms with Gasteiger partial charge in [-0.2, -0.15) is 0 Å². The molecular formula is C25H34N4O3. The summed E-state index contributed by atoms with van der Waals surface area (Å²) in [7, 11) is 1.84. The van der Waals surface area contributed by atoms with Crippen LogP contribution in [0.3, 0.4) is 0 Å². The number of urea groups is 1. The van der Waals surface area contributed by atoms with Crippen molar-refractivity contribution in [1.82, 2.24) is 15.1 Å². The van der Waals surface area contributed by atoms with E-state index in [1.807, 2.05) is 68.6 Å². The highest BCUT2D eigenvalue weighted by atomic mass is 16.5. The van der Waals surface area contributed by atoms with Crippen molar-refractivity contribution in [3.05, 3.63) is 60.2 Å². The molecule has 2 aromatic carbocycles. The summed E-state index contributed by atoms with van der Waals surface area (Å²) in [5.41, 5.74) is 1.83. The minimum atomic E-state index is -0.222. The van der Waals surface area contributed by atoms with E-state index in [1.54, 1.807) is 4.90 Å². The predicted octanol–water partition coefficient (Wildman–Crippen LogP) is 3.72. The SMILES string of the molecule is CCOc1ccc(CN(C)C(=O)CN2CCCCC2CNC(=O)Nc2ccccc2)cc1. The van der Waals surface area contributed by atoms with Crippen molar-refractivity contribution in [2.75, 3.05) is 38.6 Å². The van der Waals surface area contributed by atoms with Gasteiger partial charge in [-0.05, 0) is 56.1 Å². The van der Waals surface area contributed by atoms with Crippen LogP contribution in [0.5, 0.6) is 5.75 Å². The molecule has 172 valence electrons. The highest BCUT2D eigenvalue weighted by Crippen LogP contribution is 2.18. The molecule has 0 spiro atoms. The Bertz CT molecular complexity index is 857. The fourth-order valence-corrected chi connectivity index (χ4v) is 3.92. The first-order valence-electron chi connectivity index (χ1n) is 11.3. The number of anilines is 1. The zero-order valence-corrected chi connectivity index (χ0v) is 19.0. The molecule has 7 nitrogen and oxygen atoms in total. The zero-order valence-electron chi connectivity index (χ0n) is 19.0. The number of para-hydroxylation sites is 1. The van der Waals surface area contributed by atoms with Crippen LogP contribution in [0.1, 0.15) is 31.7 Å². The number of piperidine rings is 1. The topological polar surface area (TPSA) is 73.9 Å². The summed E-state index contributed by atoms with van der Waals surface area (Å²) in [6, 6.07) is 17.2. The third kappa shape index (κ3) is 7.27. The smallest absolute Gasteiger partial charge is 0.319 e. The maximum atomic E-state index is 12.9. The molecule has 1 heterocycles. The molecule has 1 fully saturated rings. The summed E-state index contributed by atoms with van der Waals surface area (Å²) in [6.45, 7) is 4.91. The van der Waals surface area contributed by atoms with E-state index < -0.39 is 0 Å². The molecule has 1 aliphatic heterocycles. The molecule has 1 aliphatic rings. The van der Waals surface area contributed by atoms with Crippen molar-refractivity contribution >= 4 is 17.6 Å². The van der Waals surface area contributed by atoms with Gasteiger partial charge in [0.25, 0.3) is 0 Å². The van der Waals surface area contributed by atoms with E-state index in [4.69, 9.17) is 4.74 Å². The van der Waals surface area contributed by atoms with Crippen LogP contribution in [0, 0.1) is 0 Å². The van der Waals surface area contributed by atoms with Crippen LogP contribution in [-0.2, 0) is 11.3 Å². The maximum Gasteiger partial charge on any atom is 0.319 e. The molecule has 7 heteroatoms. The second-order valence-corrected chi connectivity index (χ2v) is 8.15. The van der Waals surface area contributed by atoms with Crippen LogP contribution in [0.4, 0.5) is 10.5 Å². The largest absolute Gasteiger partial charge is 0.494 e. The second-order valence-electron chi connectivity index (χ2n) is 8.15. The molecule has 0 bridgehead atoms. The molecule has 32 heavy (non-hydrogen) atoms. The molecule has 3 rings (SSSR count). The molecule has 2 aromatic rings. The van der Waals surface area contributed by atoms with Crippen molar-refractivity contribution in [2.24, 2.45) is 0 Å². The Morgan fingerprint density at radius 1 is 1.09 bits per heavy atom. The lowest BCUT2D eigenvalue weighted by Gasteiger charge is -2.36. The minimum absolute atomic E-state index is 0.0829. The lowest BCUT2D eigenvalue weighted by Crippen LogP contribution is -2.50. The molecule has 0 radical (unpaired) electrons. The molecule has 2 N–H and O–H groups in total. The van der Waals surface area contributed by atoms with Gasteiger partial charge in [0, 0.05) is 31.9 Å². The number of rotatable bonds is 9. The standard InChI is InChI=1S/C25H34N4O3/c1-3-32-23-14-12-20(13-15-23)18-28(2)24(30)19-29-16-8-7-11-22(29)17-26-25(31)27-21-9-5-4-6-10-21/h4-6,9-10,12-15,22H,3,7-8,11,16-19H2,1-2H3,(H2,26,27,31). The molecule has 0 aromatic heterocycles. The number of benzene rings is 2. The minimum Gasteiger partial charge on any atom is -0.494 e. The number of nitrogens with zero attached hydrogens (tertiary/aromatic N) is 2. The predicted molar refractivity (Wildman–Crippen MR) is 127 cm³/mol. The highest BCUT2D eigenvalue weighted by molar-refractivity contribution is 5.89. The molecule has 3 amide bonds. The summed E-state index contributed by atoms with van der Waals surface area (Å²) in [5, 5.41) is 5.80. The van der Waals surface area contributed by atoms with E-state index in [-0.39, 0.29) is 18.0 Å². The first-order valence-corrected chi connectivity index (χ1v) is 11.3. The van der Waals surface area contributed by atoms with Gasteiger partial charge in [0.05, 0.1) is 13.2 Å². The number of carbonyl (C=O) groups is 2. The summed E-state index contributed by atoms with van der Waals surface area (Å²) in [5.74, 6) is 0.921. The fraction of sp³-hybridized carbons (Fsp3) is 0.440. The van der Waals surface area contributed by atoms with Crippen LogP contribution in [0.2, 0.25) is 0 Å². The van der Waals surface area contributed by atoms with E-state index in [2.05, 4.69) is 15.5 Å². The summed E-state index contributed by atoms with van der Waals surface area (Å²) in [6.07, 6.45) is 3.16. The number of likely N-dealkylation sites (tertiary alicyclic amines) is 1. The van der Waals surface area contributed by atoms with Gasteiger partial charge in [-0.15, -0.1) is 0 Å². The van der Waals surface area contributed by atoms with Crippen LogP contribution in [0.15, 0.2) is 54.6 Å². The van der Waals surface area contributed by atoms with Gasteiger partial charge in [-0.3, -0.25) is 9.69 Å². The van der Waals surface area contributed by atoms with E-state index in [0.717, 1.165) is 42.8 Å². The number of ether oxygens (including phenoxy) is 1. The second kappa shape index (κ2) is 12.1. The average Bonchev–Trinajstić information content (AvgIpc) is 2.80. The van der Waals surface area contributed by atoms with Crippen LogP contribution >= 0.6 is 0 Å². The van der Waals surface area contributed by atoms with Crippen molar-refractivity contribution in [2.45, 2.75) is 38.8 Å². The van der Waals surface area contributed by atoms with Gasteiger partial charge in [-0.1, -0.05) is 36.8 Å². The average molecular weight is 439 g/mol. The van der Waals surface area contributed by atoms with Crippen molar-refractivity contribution in [3.8, 4) is 5.75 Å². The molecule has 0 saturated carbocycles. The lowest BCUT2D eigenvalue weighted by molar-refractivity contribution is -0.132. The van der Waals surface area contributed by atoms with Gasteiger partial charge in [0.2, 0.25) is 5.91 Å². The molecule has 1 saturated heterocycles. The fourth-order valence-electron chi connectivity index (χ4n) is 3.92. The van der Waals surface area contributed by atoms with Gasteiger partial charge in [0.1, 0.15) is 5.75 Å². The number of likely N-dealkylation sites (N-methyl/N-ethyl adjacent to an activating group) is 1. The van der Waals surface area contributed by atoms with Crippen molar-refractivity contribution < 1.29 is 14.3 Å². The number of hydrogen-bond donors (Lipinski definition) is 2. The zero-order chi connectivity index (χ0) is 22.8. The van der Waals surface area contributed by atoms with Gasteiger partial charge in [-0.25, -0.2) is 4.79 Å². The molecule has 1 unspecified atom stereocenters. The van der Waals surface area contributed by atoms with Crippen LogP contribution in [-0.4, -0.2) is 61.1 Å². The summed E-state index contributed by atoms with van der Waals surface area (Å²) < 4.78 is 5.48. The quantitative estimate of drug-likeness (QED) is 0.626. The Hall–Kier alpha value is -3.06. The lowest BCUT2D eigenvalue weighted by atomic mass is 10.0. The Balaban J connectivity index is 1.47. The van der Waals surface area contributed by atoms with Crippen molar-refractivity contribution in [1.29, 1.82) is 0 Å². The number of hydrogen-bond acceptors (Lipinski definition) is 4. The monoisotopic (exact) mass is 438 g/mol. The normalized spacial score (nSPS) is 16.2. The molecular weight excluding hydrogens is 404 g/mol. The van der Waals surface area contributed by atoms with Gasteiger partial charge >= 0.3 is 6.03 Å². The summed E-state index contributed by atoms with van der Waals surface area (Å²) >= 11 is 0. The Kier molecular flexibility index (Phi) is 8.92. The Morgan fingerprint density at radius 3 is 2.56 bits per heavy atom. The summed E-state index contributed by atoms with van der Waals surface area (Å²) in [4.78, 5) is 29.1. The molecule has 0 aliphatic carbocycles. The third-order valence-electron chi connectivity index (χ3n) is 5.70. The van der Waals surface area contributed by atoms with Crippen molar-refractivity contribution in [3.63, 3.8) is 0 Å². The van der Waals surface area contributed by atoms with Crippen LogP contribution in [0.25, 0.3) is 0 Å². The maximum absolute atomic E-state index is 12.9. The first-order chi connectivity index (χ1) is 15.5. The van der Waals surface area contributed by atoms with E-state index >= 15 is 0 Å². The number of nitrogens with one attached hydrogen (secondary N) is 2. The van der Waals surface area contributed by atoms with Gasteiger partial charge < -0.3 is 20.3 Å². The Morgan fingerprint density at radius 2 is 1.84 bits per heavy atom. The Labute approximate surface area is 190 Å². The van der Waals surface area contributed by atoms with Gasteiger partial charge in [0.15, 0.2) is 0 Å². The third-order valence-corrected chi connectivity index (χ3v) is 5.70. The van der Waals surface area contributed by atoms with Crippen LogP contribution < -0.4 is 15.4 Å². The molecule has 1 atom stereocenters. The number of carbonyl (C=O) groups excluding carboxylic acids is 2. The van der Waals surface area contributed by atoms with E-state index in [9.17, 15) is 9.59 Å². The number of amides is 3.